The number of hydrogen-bond acceptors (Lipinski definition) is 6. The quantitative estimate of drug-likeness (QED) is 0.525. The number of aryl methyl sites for hydroxylation is 3. The third kappa shape index (κ3) is 5.52. The molecule has 3 aromatic rings. The molecule has 0 spiro atoms. The lowest BCUT2D eigenvalue weighted by molar-refractivity contribution is 0.600. The summed E-state index contributed by atoms with van der Waals surface area (Å²) in [4.78, 5) is 11.5. The number of nitrogens with one attached hydrogen (secondary N) is 2. The summed E-state index contributed by atoms with van der Waals surface area (Å²) >= 11 is 0. The van der Waals surface area contributed by atoms with Gasteiger partial charge in [0.15, 0.2) is 0 Å². The summed E-state index contributed by atoms with van der Waals surface area (Å²) < 4.78 is 28.2. The molecule has 0 unspecified atom stereocenters. The van der Waals surface area contributed by atoms with Crippen molar-refractivity contribution in [2.75, 3.05) is 28.0 Å². The van der Waals surface area contributed by atoms with E-state index in [4.69, 9.17) is 0 Å². The zero-order valence-corrected chi connectivity index (χ0v) is 19.4. The molecule has 0 atom stereocenters. The molecule has 0 saturated carbocycles. The minimum atomic E-state index is -3.67. The average molecular weight is 440 g/mol. The molecule has 3 rings (SSSR count). The first-order chi connectivity index (χ1) is 14.7. The lowest BCUT2D eigenvalue weighted by Crippen LogP contribution is -2.23. The molecule has 8 heteroatoms. The maximum Gasteiger partial charge on any atom is 0.262 e. The molecule has 1 heterocycles. The molecule has 7 nitrogen and oxygen atoms in total. The van der Waals surface area contributed by atoms with E-state index in [1.165, 1.54) is 0 Å². The van der Waals surface area contributed by atoms with Gasteiger partial charge in [0.2, 0.25) is 5.95 Å². The predicted molar refractivity (Wildman–Crippen MR) is 127 cm³/mol. The number of anilines is 4. The van der Waals surface area contributed by atoms with Crippen molar-refractivity contribution in [3.63, 3.8) is 0 Å². The van der Waals surface area contributed by atoms with E-state index in [-0.39, 0.29) is 4.90 Å². The third-order valence-corrected chi connectivity index (χ3v) is 6.48. The predicted octanol–water partition coefficient (Wildman–Crippen LogP) is 4.79. The van der Waals surface area contributed by atoms with Crippen molar-refractivity contribution in [1.29, 1.82) is 0 Å². The van der Waals surface area contributed by atoms with E-state index < -0.39 is 10.0 Å². The first-order valence-electron chi connectivity index (χ1n) is 10.3. The number of sulfonamides is 1. The molecule has 31 heavy (non-hydrogen) atoms. The van der Waals surface area contributed by atoms with Crippen LogP contribution in [0.3, 0.4) is 0 Å². The lowest BCUT2D eigenvalue weighted by Gasteiger charge is -2.20. The summed E-state index contributed by atoms with van der Waals surface area (Å²) in [5, 5.41) is 3.20. The largest absolute Gasteiger partial charge is 0.357 e. The molecule has 0 bridgehead atoms. The molecule has 0 saturated heterocycles. The van der Waals surface area contributed by atoms with Gasteiger partial charge in [0.1, 0.15) is 5.82 Å². The van der Waals surface area contributed by atoms with E-state index >= 15 is 0 Å². The monoisotopic (exact) mass is 439 g/mol. The fourth-order valence-corrected chi connectivity index (χ4v) is 4.66. The van der Waals surface area contributed by atoms with E-state index in [0.717, 1.165) is 35.9 Å². The summed E-state index contributed by atoms with van der Waals surface area (Å²) in [6.45, 7) is 11.5. The van der Waals surface area contributed by atoms with Crippen LogP contribution in [0.5, 0.6) is 0 Å². The van der Waals surface area contributed by atoms with Crippen LogP contribution in [0.2, 0.25) is 0 Å². The molecule has 0 aliphatic rings. The number of rotatable bonds is 8. The molecular formula is C23H29N5O2S. The first-order valence-corrected chi connectivity index (χ1v) is 11.8. The Hall–Kier alpha value is -3.13. The van der Waals surface area contributed by atoms with Crippen molar-refractivity contribution in [2.24, 2.45) is 0 Å². The fraction of sp³-hybridized carbons (Fsp3) is 0.304. The summed E-state index contributed by atoms with van der Waals surface area (Å²) in [5.41, 5.74) is 3.73. The first kappa shape index (κ1) is 22.6. The van der Waals surface area contributed by atoms with E-state index in [0.29, 0.717) is 17.2 Å². The normalized spacial score (nSPS) is 11.3. The van der Waals surface area contributed by atoms with Crippen LogP contribution < -0.4 is 14.9 Å². The summed E-state index contributed by atoms with van der Waals surface area (Å²) in [6.07, 6.45) is 0. The Kier molecular flexibility index (Phi) is 6.80. The van der Waals surface area contributed by atoms with Gasteiger partial charge in [-0.25, -0.2) is 13.4 Å². The van der Waals surface area contributed by atoms with Gasteiger partial charge < -0.3 is 10.2 Å². The van der Waals surface area contributed by atoms with Crippen molar-refractivity contribution < 1.29 is 8.42 Å². The van der Waals surface area contributed by atoms with Crippen LogP contribution in [-0.2, 0) is 10.0 Å². The van der Waals surface area contributed by atoms with Gasteiger partial charge in [-0.15, -0.1) is 0 Å². The van der Waals surface area contributed by atoms with Gasteiger partial charge in [0.05, 0.1) is 4.90 Å². The van der Waals surface area contributed by atoms with Gasteiger partial charge in [0.25, 0.3) is 10.0 Å². The maximum atomic E-state index is 12.8. The van der Waals surface area contributed by atoms with Crippen molar-refractivity contribution >= 4 is 33.2 Å². The Morgan fingerprint density at radius 1 is 0.871 bits per heavy atom. The van der Waals surface area contributed by atoms with Gasteiger partial charge in [0, 0.05) is 36.2 Å². The lowest BCUT2D eigenvalue weighted by atomic mass is 10.2. The van der Waals surface area contributed by atoms with E-state index in [1.807, 2.05) is 32.0 Å². The zero-order valence-electron chi connectivity index (χ0n) is 18.6. The third-order valence-electron chi connectivity index (χ3n) is 4.95. The Bertz CT molecular complexity index is 1160. The highest BCUT2D eigenvalue weighted by molar-refractivity contribution is 7.92. The van der Waals surface area contributed by atoms with Crippen LogP contribution in [0.25, 0.3) is 0 Å². The van der Waals surface area contributed by atoms with Crippen LogP contribution >= 0.6 is 0 Å². The number of aromatic nitrogens is 2. The number of hydrogen-bond donors (Lipinski definition) is 2. The molecular weight excluding hydrogens is 410 g/mol. The van der Waals surface area contributed by atoms with Crippen LogP contribution in [0, 0.1) is 20.8 Å². The van der Waals surface area contributed by atoms with Crippen molar-refractivity contribution in [3.8, 4) is 0 Å². The van der Waals surface area contributed by atoms with Gasteiger partial charge in [-0.05, 0) is 76.1 Å². The number of nitrogens with zero attached hydrogens (tertiary/aromatic N) is 3. The standard InChI is InChI=1S/C23H29N5O2S/c1-6-28(7-2)22-15-18(5)24-23(26-22)25-19-10-12-20(13-11-19)27-31(29,30)21-14-16(3)8-9-17(21)4/h8-15,27H,6-7H2,1-5H3,(H,24,25,26). The summed E-state index contributed by atoms with van der Waals surface area (Å²) in [7, 11) is -3.67. The molecule has 0 aliphatic heterocycles. The summed E-state index contributed by atoms with van der Waals surface area (Å²) in [6, 6.07) is 14.4. The highest BCUT2D eigenvalue weighted by Crippen LogP contribution is 2.23. The molecule has 164 valence electrons. The van der Waals surface area contributed by atoms with Crippen LogP contribution in [-0.4, -0.2) is 31.5 Å². The Morgan fingerprint density at radius 3 is 2.16 bits per heavy atom. The van der Waals surface area contributed by atoms with Crippen molar-refractivity contribution in [3.05, 3.63) is 65.4 Å². The average Bonchev–Trinajstić information content (AvgIpc) is 2.71. The molecule has 0 fully saturated rings. The second-order valence-electron chi connectivity index (χ2n) is 7.44. The molecule has 1 aromatic heterocycles. The fourth-order valence-electron chi connectivity index (χ4n) is 3.28. The minimum absolute atomic E-state index is 0.284. The van der Waals surface area contributed by atoms with E-state index in [9.17, 15) is 8.42 Å². The van der Waals surface area contributed by atoms with E-state index in [2.05, 4.69) is 38.8 Å². The molecule has 0 aliphatic carbocycles. The second-order valence-corrected chi connectivity index (χ2v) is 9.09. The molecule has 0 amide bonds. The Labute approximate surface area is 184 Å². The smallest absolute Gasteiger partial charge is 0.262 e. The Morgan fingerprint density at radius 2 is 1.52 bits per heavy atom. The Balaban J connectivity index is 1.77. The van der Waals surface area contributed by atoms with Crippen LogP contribution in [0.4, 0.5) is 23.1 Å². The van der Waals surface area contributed by atoms with Gasteiger partial charge >= 0.3 is 0 Å². The second kappa shape index (κ2) is 9.34. The van der Waals surface area contributed by atoms with Gasteiger partial charge in [-0.2, -0.15) is 4.98 Å². The summed E-state index contributed by atoms with van der Waals surface area (Å²) in [5.74, 6) is 1.38. The number of benzene rings is 2. The van der Waals surface area contributed by atoms with Crippen LogP contribution in [0.1, 0.15) is 30.7 Å². The highest BCUT2D eigenvalue weighted by atomic mass is 32.2. The SMILES string of the molecule is CCN(CC)c1cc(C)nc(Nc2ccc(NS(=O)(=O)c3cc(C)ccc3C)cc2)n1. The highest BCUT2D eigenvalue weighted by Gasteiger charge is 2.17. The topological polar surface area (TPSA) is 87.2 Å². The van der Waals surface area contributed by atoms with Gasteiger partial charge in [-0.3, -0.25) is 4.72 Å². The molecule has 2 aromatic carbocycles. The van der Waals surface area contributed by atoms with Crippen molar-refractivity contribution in [2.45, 2.75) is 39.5 Å². The van der Waals surface area contributed by atoms with Crippen LogP contribution in [0.15, 0.2) is 53.4 Å². The van der Waals surface area contributed by atoms with Gasteiger partial charge in [-0.1, -0.05) is 12.1 Å². The molecule has 2 N–H and O–H groups in total. The van der Waals surface area contributed by atoms with Crippen molar-refractivity contribution in [1.82, 2.24) is 9.97 Å². The minimum Gasteiger partial charge on any atom is -0.357 e. The zero-order chi connectivity index (χ0) is 22.6. The van der Waals surface area contributed by atoms with E-state index in [1.54, 1.807) is 37.3 Å². The molecule has 0 radical (unpaired) electrons. The maximum absolute atomic E-state index is 12.8.